The van der Waals surface area contributed by atoms with Crippen LogP contribution in [0.5, 0.6) is 0 Å². The second-order valence-corrected chi connectivity index (χ2v) is 14.2. The summed E-state index contributed by atoms with van der Waals surface area (Å²) >= 11 is 0.194. The van der Waals surface area contributed by atoms with Crippen LogP contribution in [0.25, 0.3) is 22.3 Å². The van der Waals surface area contributed by atoms with Crippen LogP contribution in [-0.2, 0) is 37.8 Å². The first-order valence-electron chi connectivity index (χ1n) is 16.1. The van der Waals surface area contributed by atoms with Crippen molar-refractivity contribution in [2.75, 3.05) is 0 Å². The van der Waals surface area contributed by atoms with Crippen molar-refractivity contribution in [1.29, 1.82) is 0 Å². The van der Waals surface area contributed by atoms with Gasteiger partial charge in [-0.2, -0.15) is 52.7 Å². The van der Waals surface area contributed by atoms with E-state index in [2.05, 4.69) is 15.0 Å². The molecule has 57 heavy (non-hydrogen) atoms. The molecule has 0 unspecified atom stereocenters. The van der Waals surface area contributed by atoms with Gasteiger partial charge in [-0.1, -0.05) is 30.3 Å². The SMILES string of the molecule is CC(=Nc1cccc(-c2cc(C(F)(F)F)cc(C(F)(F)F)c2)c1C)c1cccc(C(C)=Nc2cccc(-c3cc(C(F)(F)F)cc(C(F)(F)F)c3)c2C)n1.[Cl][Fe][Cl]. The number of aromatic nitrogens is 1. The van der Waals surface area contributed by atoms with Crippen molar-refractivity contribution in [2.45, 2.75) is 52.4 Å². The van der Waals surface area contributed by atoms with Crippen molar-refractivity contribution >= 4 is 43.0 Å². The van der Waals surface area contributed by atoms with E-state index in [0.29, 0.717) is 58.2 Å². The normalized spacial score (nSPS) is 13.1. The Balaban J connectivity index is 0.00000232. The summed E-state index contributed by atoms with van der Waals surface area (Å²) in [5, 5.41) is 0. The molecule has 0 spiro atoms. The molecule has 1 aromatic heterocycles. The summed E-state index contributed by atoms with van der Waals surface area (Å²) in [6.07, 6.45) is -20.1. The topological polar surface area (TPSA) is 37.6 Å². The Morgan fingerprint density at radius 2 is 0.772 bits per heavy atom. The summed E-state index contributed by atoms with van der Waals surface area (Å²) in [4.78, 5) is 13.7. The zero-order valence-corrected chi connectivity index (χ0v) is 32.3. The van der Waals surface area contributed by atoms with E-state index in [1.54, 1.807) is 32.0 Å². The predicted octanol–water partition coefficient (Wildman–Crippen LogP) is 14.8. The molecular formula is C39H27Cl2F12FeN3. The Kier molecular flexibility index (Phi) is 14.0. The zero-order chi connectivity index (χ0) is 42.7. The van der Waals surface area contributed by atoms with Gasteiger partial charge in [0, 0.05) is 0 Å². The van der Waals surface area contributed by atoms with Gasteiger partial charge in [0.2, 0.25) is 0 Å². The van der Waals surface area contributed by atoms with Gasteiger partial charge in [-0.05, 0) is 122 Å². The van der Waals surface area contributed by atoms with Gasteiger partial charge in [0.05, 0.1) is 56.4 Å². The first-order valence-corrected chi connectivity index (χ1v) is 19.1. The van der Waals surface area contributed by atoms with Crippen molar-refractivity contribution in [1.82, 2.24) is 4.98 Å². The number of pyridine rings is 1. The predicted molar refractivity (Wildman–Crippen MR) is 193 cm³/mol. The van der Waals surface area contributed by atoms with E-state index in [1.807, 2.05) is 0 Å². The molecule has 0 aliphatic rings. The zero-order valence-electron chi connectivity index (χ0n) is 29.6. The number of halogens is 14. The number of aliphatic imine (C=N–C) groups is 2. The van der Waals surface area contributed by atoms with Crippen LogP contribution in [0.1, 0.15) is 58.6 Å². The van der Waals surface area contributed by atoms with Gasteiger partial charge < -0.3 is 0 Å². The Morgan fingerprint density at radius 1 is 0.491 bits per heavy atom. The Labute approximate surface area is 333 Å². The molecule has 5 rings (SSSR count). The molecule has 0 fully saturated rings. The molecule has 0 radical (unpaired) electrons. The van der Waals surface area contributed by atoms with Gasteiger partial charge in [0.25, 0.3) is 0 Å². The van der Waals surface area contributed by atoms with Crippen LogP contribution < -0.4 is 0 Å². The van der Waals surface area contributed by atoms with Gasteiger partial charge in [0.15, 0.2) is 0 Å². The van der Waals surface area contributed by atoms with E-state index in [9.17, 15) is 52.7 Å². The fourth-order valence-corrected chi connectivity index (χ4v) is 5.65. The molecule has 0 saturated carbocycles. The number of alkyl halides is 12. The number of nitrogens with zero attached hydrogens (tertiary/aromatic N) is 3. The Bertz CT molecular complexity index is 2090. The molecule has 0 atom stereocenters. The molecular weight excluding hydrogens is 865 g/mol. The molecule has 0 N–H and O–H groups in total. The summed E-state index contributed by atoms with van der Waals surface area (Å²) < 4.78 is 162. The minimum absolute atomic E-state index is 0.0520. The van der Waals surface area contributed by atoms with Gasteiger partial charge in [-0.25, -0.2) is 4.98 Å². The Morgan fingerprint density at radius 3 is 1.05 bits per heavy atom. The van der Waals surface area contributed by atoms with E-state index in [0.717, 1.165) is 0 Å². The van der Waals surface area contributed by atoms with E-state index in [-0.39, 0.29) is 58.9 Å². The van der Waals surface area contributed by atoms with E-state index in [1.165, 1.54) is 50.2 Å². The molecule has 3 nitrogen and oxygen atoms in total. The van der Waals surface area contributed by atoms with Gasteiger partial charge >= 0.3 is 58.0 Å². The van der Waals surface area contributed by atoms with Crippen LogP contribution in [0, 0.1) is 13.8 Å². The number of benzene rings is 4. The average molecular weight is 892 g/mol. The van der Waals surface area contributed by atoms with Crippen LogP contribution in [0.3, 0.4) is 0 Å². The Hall–Kier alpha value is -4.37. The third-order valence-electron chi connectivity index (χ3n) is 8.47. The van der Waals surface area contributed by atoms with Gasteiger partial charge in [0.1, 0.15) is 0 Å². The molecule has 4 aromatic carbocycles. The quantitative estimate of drug-likeness (QED) is 0.0951. The van der Waals surface area contributed by atoms with Crippen molar-refractivity contribution < 1.29 is 65.8 Å². The molecule has 304 valence electrons. The standard InChI is InChI=1S/C39H27F12N3.2ClH.Fe/c1-20-30(24-14-26(36(40,41)42)18-27(15-24)37(43,44)45)8-5-10-32(20)52-22(3)34-12-7-13-35(54-34)23(4)53-33-11-6-9-31(21(33)2)25-16-28(38(46,47)48)19-29(17-25)39(49,50)51;;;/h5-19H,1-4H3;2*1H;/q;;;+2/p-2. The maximum atomic E-state index is 13.5. The summed E-state index contributed by atoms with van der Waals surface area (Å²) in [6.45, 7) is 6.20. The molecule has 5 aromatic rings. The van der Waals surface area contributed by atoms with Crippen molar-refractivity contribution in [3.63, 3.8) is 0 Å². The van der Waals surface area contributed by atoms with Crippen LogP contribution in [0.4, 0.5) is 64.1 Å². The third kappa shape index (κ3) is 11.4. The maximum absolute atomic E-state index is 13.5. The molecule has 18 heteroatoms. The van der Waals surface area contributed by atoms with E-state index >= 15 is 0 Å². The average Bonchev–Trinajstić information content (AvgIpc) is 3.12. The number of hydrogen-bond acceptors (Lipinski definition) is 3. The van der Waals surface area contributed by atoms with Crippen LogP contribution in [-0.4, -0.2) is 16.4 Å². The number of hydrogen-bond donors (Lipinski definition) is 0. The van der Waals surface area contributed by atoms with Crippen LogP contribution >= 0.6 is 20.2 Å². The molecule has 0 bridgehead atoms. The van der Waals surface area contributed by atoms with E-state index in [4.69, 9.17) is 20.2 Å². The minimum atomic E-state index is -5.03. The summed E-state index contributed by atoms with van der Waals surface area (Å²) in [5.74, 6) is 0. The monoisotopic (exact) mass is 891 g/mol. The number of rotatable bonds is 6. The van der Waals surface area contributed by atoms with Gasteiger partial charge in [-0.15, -0.1) is 0 Å². The summed E-state index contributed by atoms with van der Waals surface area (Å²) in [6, 6.07) is 16.2. The van der Waals surface area contributed by atoms with Crippen LogP contribution in [0.2, 0.25) is 0 Å². The van der Waals surface area contributed by atoms with E-state index < -0.39 is 47.0 Å². The fraction of sp³-hybridized carbons (Fsp3) is 0.205. The van der Waals surface area contributed by atoms with Crippen molar-refractivity contribution in [2.24, 2.45) is 9.98 Å². The molecule has 0 aliphatic carbocycles. The van der Waals surface area contributed by atoms with Crippen LogP contribution in [0.15, 0.2) is 101 Å². The molecule has 1 heterocycles. The molecule has 0 amide bonds. The molecule has 0 saturated heterocycles. The van der Waals surface area contributed by atoms with Crippen molar-refractivity contribution in [3.05, 3.63) is 136 Å². The summed E-state index contributed by atoms with van der Waals surface area (Å²) in [5.41, 5.74) is -3.79. The molecule has 0 aliphatic heterocycles. The van der Waals surface area contributed by atoms with Gasteiger partial charge in [-0.3, -0.25) is 9.98 Å². The first kappa shape index (κ1) is 45.3. The second kappa shape index (κ2) is 17.6. The second-order valence-electron chi connectivity index (χ2n) is 12.3. The fourth-order valence-electron chi connectivity index (χ4n) is 5.65. The third-order valence-corrected chi connectivity index (χ3v) is 8.47. The summed E-state index contributed by atoms with van der Waals surface area (Å²) in [7, 11) is 9.53. The first-order chi connectivity index (χ1) is 26.3. The van der Waals surface area contributed by atoms with Crippen molar-refractivity contribution in [3.8, 4) is 22.3 Å².